The van der Waals surface area contributed by atoms with E-state index in [1.54, 1.807) is 13.2 Å². The first-order valence-electron chi connectivity index (χ1n) is 5.95. The summed E-state index contributed by atoms with van der Waals surface area (Å²) in [5.74, 6) is -0.324. The largest absolute Gasteiger partial charge is 0.465 e. The molecule has 0 saturated carbocycles. The highest BCUT2D eigenvalue weighted by molar-refractivity contribution is 5.96. The summed E-state index contributed by atoms with van der Waals surface area (Å²) in [5, 5.41) is 2.05. The van der Waals surface area contributed by atoms with Gasteiger partial charge in [-0.2, -0.15) is 0 Å². The standard InChI is InChI=1S/C16H16O3/c1-11(10-18-2)12-4-5-14-9-15(16(17)19-3)7-6-13(14)8-12/h4-9H,1,10H2,2-3H3. The maximum Gasteiger partial charge on any atom is 0.337 e. The lowest BCUT2D eigenvalue weighted by Gasteiger charge is -2.07. The molecule has 0 fully saturated rings. The van der Waals surface area contributed by atoms with E-state index >= 15 is 0 Å². The molecule has 0 aromatic heterocycles. The van der Waals surface area contributed by atoms with E-state index in [-0.39, 0.29) is 5.97 Å². The second-order valence-corrected chi connectivity index (χ2v) is 4.30. The van der Waals surface area contributed by atoms with Crippen molar-refractivity contribution >= 4 is 22.3 Å². The zero-order valence-corrected chi connectivity index (χ0v) is 11.1. The summed E-state index contributed by atoms with van der Waals surface area (Å²) in [6.07, 6.45) is 0. The highest BCUT2D eigenvalue weighted by Crippen LogP contribution is 2.22. The van der Waals surface area contributed by atoms with Gasteiger partial charge in [-0.15, -0.1) is 0 Å². The number of carbonyl (C=O) groups is 1. The van der Waals surface area contributed by atoms with E-state index in [0.29, 0.717) is 12.2 Å². The minimum absolute atomic E-state index is 0.324. The van der Waals surface area contributed by atoms with Crippen LogP contribution in [-0.2, 0) is 9.47 Å². The van der Waals surface area contributed by atoms with Gasteiger partial charge in [-0.1, -0.05) is 24.8 Å². The third-order valence-electron chi connectivity index (χ3n) is 2.99. The van der Waals surface area contributed by atoms with Crippen LogP contribution in [0.15, 0.2) is 43.0 Å². The Balaban J connectivity index is 2.40. The van der Waals surface area contributed by atoms with Crippen molar-refractivity contribution in [1.82, 2.24) is 0 Å². The van der Waals surface area contributed by atoms with Gasteiger partial charge < -0.3 is 9.47 Å². The summed E-state index contributed by atoms with van der Waals surface area (Å²) in [6, 6.07) is 11.5. The predicted molar refractivity (Wildman–Crippen MR) is 76.2 cm³/mol. The van der Waals surface area contributed by atoms with Crippen LogP contribution in [0.25, 0.3) is 16.3 Å². The summed E-state index contributed by atoms with van der Waals surface area (Å²) >= 11 is 0. The SMILES string of the molecule is C=C(COC)c1ccc2cc(C(=O)OC)ccc2c1. The molecule has 0 radical (unpaired) electrons. The number of ether oxygens (including phenoxy) is 2. The summed E-state index contributed by atoms with van der Waals surface area (Å²) in [7, 11) is 3.03. The highest BCUT2D eigenvalue weighted by Gasteiger charge is 2.06. The molecule has 0 aliphatic heterocycles. The van der Waals surface area contributed by atoms with Gasteiger partial charge in [0.05, 0.1) is 19.3 Å². The van der Waals surface area contributed by atoms with Gasteiger partial charge >= 0.3 is 5.97 Å². The Morgan fingerprint density at radius 3 is 2.21 bits per heavy atom. The number of benzene rings is 2. The van der Waals surface area contributed by atoms with Crippen LogP contribution in [0.1, 0.15) is 15.9 Å². The molecule has 0 saturated heterocycles. The van der Waals surface area contributed by atoms with Crippen molar-refractivity contribution in [1.29, 1.82) is 0 Å². The molecule has 0 atom stereocenters. The van der Waals surface area contributed by atoms with E-state index < -0.39 is 0 Å². The molecular formula is C16H16O3. The third-order valence-corrected chi connectivity index (χ3v) is 2.99. The molecule has 98 valence electrons. The zero-order valence-electron chi connectivity index (χ0n) is 11.1. The van der Waals surface area contributed by atoms with Gasteiger partial charge in [0.1, 0.15) is 0 Å². The van der Waals surface area contributed by atoms with Gasteiger partial charge in [0, 0.05) is 7.11 Å². The Bertz CT molecular complexity index is 629. The van der Waals surface area contributed by atoms with Crippen molar-refractivity contribution in [3.05, 3.63) is 54.1 Å². The average Bonchev–Trinajstić information content (AvgIpc) is 2.45. The lowest BCUT2D eigenvalue weighted by molar-refractivity contribution is 0.0601. The number of hydrogen-bond donors (Lipinski definition) is 0. The summed E-state index contributed by atoms with van der Waals surface area (Å²) in [6.45, 7) is 4.49. The minimum atomic E-state index is -0.324. The maximum atomic E-state index is 11.5. The predicted octanol–water partition coefficient (Wildman–Crippen LogP) is 3.29. The third kappa shape index (κ3) is 2.83. The quantitative estimate of drug-likeness (QED) is 0.787. The minimum Gasteiger partial charge on any atom is -0.465 e. The van der Waals surface area contributed by atoms with Crippen molar-refractivity contribution in [3.8, 4) is 0 Å². The fourth-order valence-corrected chi connectivity index (χ4v) is 1.97. The fourth-order valence-electron chi connectivity index (χ4n) is 1.97. The number of rotatable bonds is 4. The number of hydrogen-bond acceptors (Lipinski definition) is 3. The molecule has 0 heterocycles. The molecule has 0 amide bonds. The monoisotopic (exact) mass is 256 g/mol. The first-order valence-corrected chi connectivity index (χ1v) is 5.95. The smallest absolute Gasteiger partial charge is 0.337 e. The van der Waals surface area contributed by atoms with Crippen molar-refractivity contribution in [2.75, 3.05) is 20.8 Å². The van der Waals surface area contributed by atoms with Crippen LogP contribution < -0.4 is 0 Å². The molecule has 0 aliphatic rings. The number of fused-ring (bicyclic) bond motifs is 1. The Labute approximate surface area is 112 Å². The van der Waals surface area contributed by atoms with Gasteiger partial charge in [-0.3, -0.25) is 0 Å². The Morgan fingerprint density at radius 2 is 1.63 bits per heavy atom. The fraction of sp³-hybridized carbons (Fsp3) is 0.188. The van der Waals surface area contributed by atoms with E-state index in [1.165, 1.54) is 7.11 Å². The second-order valence-electron chi connectivity index (χ2n) is 4.30. The van der Waals surface area contributed by atoms with Gasteiger partial charge in [-0.25, -0.2) is 4.79 Å². The van der Waals surface area contributed by atoms with Crippen LogP contribution in [0.3, 0.4) is 0 Å². The lowest BCUT2D eigenvalue weighted by atomic mass is 10.0. The zero-order chi connectivity index (χ0) is 13.8. The first kappa shape index (κ1) is 13.3. The molecule has 0 unspecified atom stereocenters. The number of esters is 1. The van der Waals surface area contributed by atoms with Crippen LogP contribution in [0, 0.1) is 0 Å². The molecule has 0 aliphatic carbocycles. The summed E-state index contributed by atoms with van der Waals surface area (Å²) in [4.78, 5) is 11.5. The van der Waals surface area contributed by atoms with Gasteiger partial charge in [0.15, 0.2) is 0 Å². The van der Waals surface area contributed by atoms with Crippen LogP contribution in [-0.4, -0.2) is 26.8 Å². The average molecular weight is 256 g/mol. The van der Waals surface area contributed by atoms with Crippen molar-refractivity contribution in [2.24, 2.45) is 0 Å². The lowest BCUT2D eigenvalue weighted by Crippen LogP contribution is -2.00. The molecule has 0 N–H and O–H groups in total. The number of carbonyl (C=O) groups excluding carboxylic acids is 1. The van der Waals surface area contributed by atoms with E-state index in [4.69, 9.17) is 9.47 Å². The van der Waals surface area contributed by atoms with Crippen molar-refractivity contribution in [3.63, 3.8) is 0 Å². The van der Waals surface area contributed by atoms with Crippen LogP contribution in [0.4, 0.5) is 0 Å². The van der Waals surface area contributed by atoms with E-state index in [2.05, 4.69) is 6.58 Å². The van der Waals surface area contributed by atoms with Crippen molar-refractivity contribution < 1.29 is 14.3 Å². The number of methoxy groups -OCH3 is 2. The molecule has 3 nitrogen and oxygen atoms in total. The van der Waals surface area contributed by atoms with E-state index in [1.807, 2.05) is 30.3 Å². The molecule has 2 aromatic carbocycles. The van der Waals surface area contributed by atoms with Crippen LogP contribution in [0.5, 0.6) is 0 Å². The normalized spacial score (nSPS) is 10.4. The van der Waals surface area contributed by atoms with Gasteiger partial charge in [-0.05, 0) is 40.1 Å². The molecule has 19 heavy (non-hydrogen) atoms. The molecule has 0 bridgehead atoms. The molecule has 2 aromatic rings. The molecule has 3 heteroatoms. The highest BCUT2D eigenvalue weighted by atomic mass is 16.5. The summed E-state index contributed by atoms with van der Waals surface area (Å²) in [5.41, 5.74) is 2.53. The Hall–Kier alpha value is -2.13. The van der Waals surface area contributed by atoms with Gasteiger partial charge in [0.2, 0.25) is 0 Å². The molecule has 2 rings (SSSR count). The van der Waals surface area contributed by atoms with E-state index in [0.717, 1.165) is 21.9 Å². The topological polar surface area (TPSA) is 35.5 Å². The Morgan fingerprint density at radius 1 is 1.05 bits per heavy atom. The van der Waals surface area contributed by atoms with Crippen LogP contribution >= 0.6 is 0 Å². The Kier molecular flexibility index (Phi) is 3.97. The van der Waals surface area contributed by atoms with Crippen LogP contribution in [0.2, 0.25) is 0 Å². The van der Waals surface area contributed by atoms with Gasteiger partial charge in [0.25, 0.3) is 0 Å². The van der Waals surface area contributed by atoms with E-state index in [9.17, 15) is 4.79 Å². The van der Waals surface area contributed by atoms with Crippen molar-refractivity contribution in [2.45, 2.75) is 0 Å². The first-order chi connectivity index (χ1) is 9.15. The molecular weight excluding hydrogens is 240 g/mol. The maximum absolute atomic E-state index is 11.5. The molecule has 0 spiro atoms. The summed E-state index contributed by atoms with van der Waals surface area (Å²) < 4.78 is 9.78. The second kappa shape index (κ2) is 5.67.